The van der Waals surface area contributed by atoms with Crippen LogP contribution >= 0.6 is 0 Å². The number of hydrogen-bond donors (Lipinski definition) is 1. The Bertz CT molecular complexity index is 695. The first-order valence-electron chi connectivity index (χ1n) is 5.38. The van der Waals surface area contributed by atoms with Crippen molar-refractivity contribution in [2.75, 3.05) is 0 Å². The Hall–Kier alpha value is -2.87. The van der Waals surface area contributed by atoms with Gasteiger partial charge in [0, 0.05) is 6.08 Å². The lowest BCUT2D eigenvalue weighted by Gasteiger charge is -1.97. The van der Waals surface area contributed by atoms with Crippen molar-refractivity contribution < 1.29 is 13.6 Å². The first-order chi connectivity index (χ1) is 9.11. The summed E-state index contributed by atoms with van der Waals surface area (Å²) in [7, 11) is 0. The minimum atomic E-state index is -0.841. The third kappa shape index (κ3) is 2.69. The molecule has 0 saturated carbocycles. The predicted molar refractivity (Wildman–Crippen MR) is 66.9 cm³/mol. The van der Waals surface area contributed by atoms with Gasteiger partial charge in [-0.25, -0.2) is 4.39 Å². The van der Waals surface area contributed by atoms with Gasteiger partial charge in [-0.2, -0.15) is 5.26 Å². The van der Waals surface area contributed by atoms with Gasteiger partial charge >= 0.3 is 0 Å². The highest BCUT2D eigenvalue weighted by Gasteiger charge is 2.10. The zero-order valence-electron chi connectivity index (χ0n) is 9.76. The van der Waals surface area contributed by atoms with Gasteiger partial charge in [-0.05, 0) is 24.3 Å². The van der Waals surface area contributed by atoms with Crippen LogP contribution in [-0.4, -0.2) is 5.91 Å². The molecule has 2 N–H and O–H groups in total. The number of nitriles is 1. The van der Waals surface area contributed by atoms with Crippen LogP contribution < -0.4 is 5.73 Å². The molecule has 1 aromatic heterocycles. The number of primary amides is 1. The van der Waals surface area contributed by atoms with Crippen LogP contribution in [0.1, 0.15) is 5.76 Å². The number of carbonyl (C=O) groups is 1. The molecular weight excluding hydrogens is 247 g/mol. The monoisotopic (exact) mass is 256 g/mol. The molecule has 94 valence electrons. The Morgan fingerprint density at radius 1 is 1.32 bits per heavy atom. The molecule has 2 rings (SSSR count). The summed E-state index contributed by atoms with van der Waals surface area (Å²) >= 11 is 0. The highest BCUT2D eigenvalue weighted by atomic mass is 19.1. The fraction of sp³-hybridized carbons (Fsp3) is 0. The number of benzene rings is 1. The van der Waals surface area contributed by atoms with Gasteiger partial charge in [0.15, 0.2) is 0 Å². The number of halogens is 1. The molecule has 19 heavy (non-hydrogen) atoms. The number of nitrogens with two attached hydrogens (primary N) is 1. The molecule has 0 radical (unpaired) electrons. The van der Waals surface area contributed by atoms with E-state index in [0.717, 1.165) is 0 Å². The van der Waals surface area contributed by atoms with Gasteiger partial charge < -0.3 is 10.2 Å². The van der Waals surface area contributed by atoms with Gasteiger partial charge in [0.05, 0.1) is 5.56 Å². The lowest BCUT2D eigenvalue weighted by Crippen LogP contribution is -2.12. The average Bonchev–Trinajstić information content (AvgIpc) is 2.84. The van der Waals surface area contributed by atoms with Crippen LogP contribution in [0, 0.1) is 17.1 Å². The van der Waals surface area contributed by atoms with Gasteiger partial charge in [-0.1, -0.05) is 12.1 Å². The van der Waals surface area contributed by atoms with E-state index in [0.29, 0.717) is 11.3 Å². The molecule has 4 nitrogen and oxygen atoms in total. The SMILES string of the molecule is N#C/C(=C\c1ccc(-c2ccccc2F)o1)C(N)=O. The van der Waals surface area contributed by atoms with E-state index in [1.165, 1.54) is 18.2 Å². The second-order valence-electron chi connectivity index (χ2n) is 3.72. The van der Waals surface area contributed by atoms with Crippen molar-refractivity contribution in [3.05, 3.63) is 53.5 Å². The standard InChI is InChI=1S/C14H9FN2O2/c15-12-4-2-1-3-11(12)13-6-5-10(19-13)7-9(8-16)14(17)18/h1-7H,(H2,17,18)/b9-7+. The number of hydrogen-bond acceptors (Lipinski definition) is 3. The van der Waals surface area contributed by atoms with Crippen LogP contribution in [0.5, 0.6) is 0 Å². The number of rotatable bonds is 3. The fourth-order valence-corrected chi connectivity index (χ4v) is 1.54. The summed E-state index contributed by atoms with van der Waals surface area (Å²) in [6.07, 6.45) is 1.21. The molecule has 0 aliphatic carbocycles. The smallest absolute Gasteiger partial charge is 0.259 e. The minimum absolute atomic E-state index is 0.227. The van der Waals surface area contributed by atoms with Crippen LogP contribution in [-0.2, 0) is 4.79 Å². The normalized spacial score (nSPS) is 11.1. The van der Waals surface area contributed by atoms with E-state index in [1.807, 2.05) is 0 Å². The Morgan fingerprint density at radius 3 is 2.68 bits per heavy atom. The summed E-state index contributed by atoms with van der Waals surface area (Å²) in [5.74, 6) is -0.686. The molecule has 1 aromatic carbocycles. The van der Waals surface area contributed by atoms with Gasteiger partial charge in [0.25, 0.3) is 5.91 Å². The van der Waals surface area contributed by atoms with E-state index in [-0.39, 0.29) is 11.3 Å². The predicted octanol–water partition coefficient (Wildman–Crippen LogP) is 2.48. The molecule has 5 heteroatoms. The zero-order valence-corrected chi connectivity index (χ0v) is 9.76. The highest BCUT2D eigenvalue weighted by molar-refractivity contribution is 6.00. The Balaban J connectivity index is 2.38. The molecule has 1 amide bonds. The lowest BCUT2D eigenvalue weighted by molar-refractivity contribution is -0.114. The van der Waals surface area contributed by atoms with E-state index in [4.69, 9.17) is 15.4 Å². The fourth-order valence-electron chi connectivity index (χ4n) is 1.54. The van der Waals surface area contributed by atoms with Gasteiger partial charge in [0.2, 0.25) is 0 Å². The number of furan rings is 1. The third-order valence-electron chi connectivity index (χ3n) is 2.44. The molecule has 0 unspecified atom stereocenters. The quantitative estimate of drug-likeness (QED) is 0.676. The maximum Gasteiger partial charge on any atom is 0.259 e. The van der Waals surface area contributed by atoms with Crippen molar-refractivity contribution in [1.29, 1.82) is 5.26 Å². The molecule has 0 fully saturated rings. The van der Waals surface area contributed by atoms with Crippen molar-refractivity contribution in [1.82, 2.24) is 0 Å². The van der Waals surface area contributed by atoms with E-state index in [9.17, 15) is 9.18 Å². The van der Waals surface area contributed by atoms with E-state index < -0.39 is 11.7 Å². The summed E-state index contributed by atoms with van der Waals surface area (Å²) in [4.78, 5) is 10.9. The van der Waals surface area contributed by atoms with E-state index in [1.54, 1.807) is 30.3 Å². The molecule has 0 aliphatic heterocycles. The largest absolute Gasteiger partial charge is 0.457 e. The van der Waals surface area contributed by atoms with Crippen molar-refractivity contribution in [3.8, 4) is 17.4 Å². The number of nitrogens with zero attached hydrogens (tertiary/aromatic N) is 1. The van der Waals surface area contributed by atoms with E-state index >= 15 is 0 Å². The summed E-state index contributed by atoms with van der Waals surface area (Å²) in [6.45, 7) is 0. The molecule has 0 saturated heterocycles. The van der Waals surface area contributed by atoms with Crippen LogP contribution in [0.25, 0.3) is 17.4 Å². The second-order valence-corrected chi connectivity index (χ2v) is 3.72. The summed E-state index contributed by atoms with van der Waals surface area (Å²) in [5, 5.41) is 8.70. The third-order valence-corrected chi connectivity index (χ3v) is 2.44. The minimum Gasteiger partial charge on any atom is -0.457 e. The molecule has 0 aliphatic rings. The van der Waals surface area contributed by atoms with Gasteiger partial charge in [-0.3, -0.25) is 4.79 Å². The molecule has 2 aromatic rings. The van der Waals surface area contributed by atoms with Crippen LogP contribution in [0.3, 0.4) is 0 Å². The lowest BCUT2D eigenvalue weighted by atomic mass is 10.1. The van der Waals surface area contributed by atoms with Crippen LogP contribution in [0.15, 0.2) is 46.4 Å². The molecular formula is C14H9FN2O2. The van der Waals surface area contributed by atoms with Crippen LogP contribution in [0.4, 0.5) is 4.39 Å². The maximum absolute atomic E-state index is 13.5. The number of amides is 1. The van der Waals surface area contributed by atoms with Crippen molar-refractivity contribution in [2.24, 2.45) is 5.73 Å². The zero-order chi connectivity index (χ0) is 13.8. The summed E-state index contributed by atoms with van der Waals surface area (Å²) < 4.78 is 18.9. The maximum atomic E-state index is 13.5. The van der Waals surface area contributed by atoms with Crippen LogP contribution in [0.2, 0.25) is 0 Å². The second kappa shape index (κ2) is 5.19. The highest BCUT2D eigenvalue weighted by Crippen LogP contribution is 2.25. The summed E-state index contributed by atoms with van der Waals surface area (Å²) in [5.41, 5.74) is 5.08. The molecule has 0 bridgehead atoms. The first-order valence-corrected chi connectivity index (χ1v) is 5.38. The topological polar surface area (TPSA) is 80.0 Å². The molecule has 1 heterocycles. The average molecular weight is 256 g/mol. The van der Waals surface area contributed by atoms with Gasteiger partial charge in [-0.15, -0.1) is 0 Å². The van der Waals surface area contributed by atoms with Gasteiger partial charge in [0.1, 0.15) is 29.0 Å². The first kappa shape index (κ1) is 12.6. The Morgan fingerprint density at radius 2 is 2.05 bits per heavy atom. The summed E-state index contributed by atoms with van der Waals surface area (Å²) in [6, 6.07) is 10.9. The van der Waals surface area contributed by atoms with Crippen molar-refractivity contribution >= 4 is 12.0 Å². The van der Waals surface area contributed by atoms with Crippen molar-refractivity contribution in [3.63, 3.8) is 0 Å². The molecule has 0 atom stereocenters. The Kier molecular flexibility index (Phi) is 3.44. The van der Waals surface area contributed by atoms with Crippen molar-refractivity contribution in [2.45, 2.75) is 0 Å². The van der Waals surface area contributed by atoms with E-state index in [2.05, 4.69) is 0 Å². The number of carbonyl (C=O) groups excluding carboxylic acids is 1. The molecule has 0 spiro atoms. The Labute approximate surface area is 108 Å².